The van der Waals surface area contributed by atoms with Gasteiger partial charge in [-0.25, -0.2) is 4.98 Å². The Morgan fingerprint density at radius 1 is 1.04 bits per heavy atom. The first-order valence-electron chi connectivity index (χ1n) is 8.67. The van der Waals surface area contributed by atoms with Crippen LogP contribution in [0.25, 0.3) is 0 Å². The first-order chi connectivity index (χ1) is 13.1. The van der Waals surface area contributed by atoms with Crippen LogP contribution in [0.5, 0.6) is 0 Å². The summed E-state index contributed by atoms with van der Waals surface area (Å²) in [5.74, 6) is -0.542. The van der Waals surface area contributed by atoms with Crippen LogP contribution in [0.2, 0.25) is 0 Å². The van der Waals surface area contributed by atoms with Gasteiger partial charge < -0.3 is 15.0 Å². The van der Waals surface area contributed by atoms with Crippen molar-refractivity contribution in [2.45, 2.75) is 0 Å². The Bertz CT molecular complexity index is 856. The molecule has 0 radical (unpaired) electrons. The number of anilines is 2. The molecule has 0 aliphatic carbocycles. The SMILES string of the molecule is O=C(CN1C(=O)c2ccccc2C1=O)Nc1ccc(N2CCOCC2)nc1. The van der Waals surface area contributed by atoms with E-state index in [-0.39, 0.29) is 6.54 Å². The summed E-state index contributed by atoms with van der Waals surface area (Å²) in [6.07, 6.45) is 1.56. The third-order valence-electron chi connectivity index (χ3n) is 4.55. The fourth-order valence-corrected chi connectivity index (χ4v) is 3.17. The molecule has 3 heterocycles. The molecule has 0 unspecified atom stereocenters. The van der Waals surface area contributed by atoms with E-state index in [1.807, 2.05) is 6.07 Å². The van der Waals surface area contributed by atoms with Crippen LogP contribution in [0.3, 0.4) is 0 Å². The van der Waals surface area contributed by atoms with Gasteiger partial charge in [0.05, 0.1) is 36.2 Å². The Hall–Kier alpha value is -3.26. The molecule has 4 rings (SSSR count). The molecule has 1 aromatic carbocycles. The number of fused-ring (bicyclic) bond motifs is 1. The van der Waals surface area contributed by atoms with Crippen LogP contribution in [0, 0.1) is 0 Å². The zero-order valence-corrected chi connectivity index (χ0v) is 14.6. The quantitative estimate of drug-likeness (QED) is 0.817. The van der Waals surface area contributed by atoms with E-state index in [0.717, 1.165) is 23.8 Å². The predicted molar refractivity (Wildman–Crippen MR) is 97.7 cm³/mol. The van der Waals surface area contributed by atoms with E-state index in [1.165, 1.54) is 0 Å². The minimum absolute atomic E-state index is 0.326. The molecule has 0 bridgehead atoms. The molecule has 1 N–H and O–H groups in total. The standard InChI is InChI=1S/C19H18N4O4/c24-17(12-23-18(25)14-3-1-2-4-15(14)19(23)26)21-13-5-6-16(20-11-13)22-7-9-27-10-8-22/h1-6,11H,7-10,12H2,(H,21,24). The maximum absolute atomic E-state index is 12.3. The number of morpholine rings is 1. The zero-order valence-electron chi connectivity index (χ0n) is 14.6. The summed E-state index contributed by atoms with van der Waals surface area (Å²) in [5, 5.41) is 2.68. The third kappa shape index (κ3) is 3.39. The average Bonchev–Trinajstić information content (AvgIpc) is 2.94. The summed E-state index contributed by atoms with van der Waals surface area (Å²) in [6.45, 7) is 2.55. The van der Waals surface area contributed by atoms with Crippen LogP contribution >= 0.6 is 0 Å². The van der Waals surface area contributed by atoms with Crippen LogP contribution in [-0.2, 0) is 9.53 Å². The van der Waals surface area contributed by atoms with Crippen molar-refractivity contribution in [3.8, 4) is 0 Å². The second kappa shape index (κ2) is 7.16. The minimum Gasteiger partial charge on any atom is -0.378 e. The van der Waals surface area contributed by atoms with Crippen molar-refractivity contribution in [2.75, 3.05) is 43.1 Å². The van der Waals surface area contributed by atoms with Crippen molar-refractivity contribution in [3.05, 3.63) is 53.7 Å². The summed E-state index contributed by atoms with van der Waals surface area (Å²) >= 11 is 0. The van der Waals surface area contributed by atoms with Crippen molar-refractivity contribution >= 4 is 29.2 Å². The van der Waals surface area contributed by atoms with Crippen LogP contribution in [0.15, 0.2) is 42.6 Å². The monoisotopic (exact) mass is 366 g/mol. The number of hydrogen-bond acceptors (Lipinski definition) is 6. The lowest BCUT2D eigenvalue weighted by atomic mass is 10.1. The van der Waals surface area contributed by atoms with Gasteiger partial charge in [0.15, 0.2) is 0 Å². The fraction of sp³-hybridized carbons (Fsp3) is 0.263. The van der Waals surface area contributed by atoms with Gasteiger partial charge in [0.2, 0.25) is 5.91 Å². The molecule has 1 saturated heterocycles. The number of carbonyl (C=O) groups is 3. The van der Waals surface area contributed by atoms with E-state index >= 15 is 0 Å². The number of ether oxygens (including phenoxy) is 1. The van der Waals surface area contributed by atoms with Crippen LogP contribution < -0.4 is 10.2 Å². The predicted octanol–water partition coefficient (Wildman–Crippen LogP) is 1.15. The van der Waals surface area contributed by atoms with E-state index in [2.05, 4.69) is 15.2 Å². The Balaban J connectivity index is 1.38. The second-order valence-corrected chi connectivity index (χ2v) is 6.29. The number of pyridine rings is 1. The third-order valence-corrected chi connectivity index (χ3v) is 4.55. The molecule has 138 valence electrons. The molecule has 0 spiro atoms. The maximum Gasteiger partial charge on any atom is 0.262 e. The van der Waals surface area contributed by atoms with E-state index in [9.17, 15) is 14.4 Å². The molecule has 1 aromatic heterocycles. The lowest BCUT2D eigenvalue weighted by molar-refractivity contribution is -0.116. The van der Waals surface area contributed by atoms with Crippen LogP contribution in [0.4, 0.5) is 11.5 Å². The van der Waals surface area contributed by atoms with Gasteiger partial charge in [0.25, 0.3) is 11.8 Å². The molecule has 3 amide bonds. The molecular formula is C19H18N4O4. The Kier molecular flexibility index (Phi) is 4.55. The van der Waals surface area contributed by atoms with E-state index < -0.39 is 17.7 Å². The first-order valence-corrected chi connectivity index (χ1v) is 8.67. The Morgan fingerprint density at radius 3 is 2.30 bits per heavy atom. The van der Waals surface area contributed by atoms with E-state index in [4.69, 9.17) is 4.74 Å². The number of carbonyl (C=O) groups excluding carboxylic acids is 3. The Labute approximate surface area is 155 Å². The molecule has 8 heteroatoms. The molecular weight excluding hydrogens is 348 g/mol. The highest BCUT2D eigenvalue weighted by atomic mass is 16.5. The average molecular weight is 366 g/mol. The summed E-state index contributed by atoms with van der Waals surface area (Å²) in [5.41, 5.74) is 1.16. The largest absolute Gasteiger partial charge is 0.378 e. The number of aromatic nitrogens is 1. The normalized spacial score (nSPS) is 16.4. The number of nitrogens with zero attached hydrogens (tertiary/aromatic N) is 3. The molecule has 27 heavy (non-hydrogen) atoms. The minimum atomic E-state index is -0.453. The smallest absolute Gasteiger partial charge is 0.262 e. The van der Waals surface area contributed by atoms with E-state index in [1.54, 1.807) is 36.5 Å². The number of rotatable bonds is 4. The van der Waals surface area contributed by atoms with Crippen molar-refractivity contribution in [1.82, 2.24) is 9.88 Å². The van der Waals surface area contributed by atoms with Gasteiger partial charge in [0.1, 0.15) is 12.4 Å². The van der Waals surface area contributed by atoms with Crippen molar-refractivity contribution in [3.63, 3.8) is 0 Å². The second-order valence-electron chi connectivity index (χ2n) is 6.29. The van der Waals surface area contributed by atoms with Crippen LogP contribution in [-0.4, -0.2) is 60.5 Å². The zero-order chi connectivity index (χ0) is 18.8. The number of hydrogen-bond donors (Lipinski definition) is 1. The summed E-state index contributed by atoms with van der Waals surface area (Å²) in [7, 11) is 0. The van der Waals surface area contributed by atoms with E-state index in [0.29, 0.717) is 30.0 Å². The van der Waals surface area contributed by atoms with Crippen molar-refractivity contribution in [1.29, 1.82) is 0 Å². The molecule has 0 atom stereocenters. The van der Waals surface area contributed by atoms with Crippen molar-refractivity contribution < 1.29 is 19.1 Å². The topological polar surface area (TPSA) is 91.8 Å². The highest BCUT2D eigenvalue weighted by Crippen LogP contribution is 2.22. The van der Waals surface area contributed by atoms with Gasteiger partial charge in [-0.15, -0.1) is 0 Å². The van der Waals surface area contributed by atoms with Gasteiger partial charge in [-0.1, -0.05) is 12.1 Å². The number of nitrogens with one attached hydrogen (secondary N) is 1. The number of imide groups is 1. The Morgan fingerprint density at radius 2 is 1.70 bits per heavy atom. The molecule has 0 saturated carbocycles. The molecule has 8 nitrogen and oxygen atoms in total. The lowest BCUT2D eigenvalue weighted by Crippen LogP contribution is -2.37. The van der Waals surface area contributed by atoms with Crippen molar-refractivity contribution in [2.24, 2.45) is 0 Å². The molecule has 2 aliphatic heterocycles. The lowest BCUT2D eigenvalue weighted by Gasteiger charge is -2.27. The molecule has 2 aromatic rings. The summed E-state index contributed by atoms with van der Waals surface area (Å²) in [6, 6.07) is 10.1. The summed E-state index contributed by atoms with van der Waals surface area (Å²) in [4.78, 5) is 44.3. The van der Waals surface area contributed by atoms with Gasteiger partial charge >= 0.3 is 0 Å². The highest BCUT2D eigenvalue weighted by Gasteiger charge is 2.36. The van der Waals surface area contributed by atoms with Gasteiger partial charge in [0, 0.05) is 13.1 Å². The highest BCUT2D eigenvalue weighted by molar-refractivity contribution is 6.22. The molecule has 1 fully saturated rings. The number of amides is 3. The van der Waals surface area contributed by atoms with Gasteiger partial charge in [-0.3, -0.25) is 19.3 Å². The van der Waals surface area contributed by atoms with Crippen LogP contribution in [0.1, 0.15) is 20.7 Å². The summed E-state index contributed by atoms with van der Waals surface area (Å²) < 4.78 is 5.32. The fourth-order valence-electron chi connectivity index (χ4n) is 3.17. The first kappa shape index (κ1) is 17.2. The van der Waals surface area contributed by atoms with Gasteiger partial charge in [-0.2, -0.15) is 0 Å². The maximum atomic E-state index is 12.3. The molecule has 2 aliphatic rings. The van der Waals surface area contributed by atoms with Gasteiger partial charge in [-0.05, 0) is 24.3 Å². The number of benzene rings is 1.